The zero-order chi connectivity index (χ0) is 17.1. The summed E-state index contributed by atoms with van der Waals surface area (Å²) in [6.45, 7) is -0.503. The molecule has 0 aliphatic heterocycles. The van der Waals surface area contributed by atoms with Crippen LogP contribution in [0.4, 0.5) is 0 Å². The van der Waals surface area contributed by atoms with E-state index in [1.165, 1.54) is 7.11 Å². The van der Waals surface area contributed by atoms with Gasteiger partial charge in [0, 0.05) is 0 Å². The number of aromatic nitrogens is 2. The molecule has 3 aromatic rings. The number of nitrogens with zero attached hydrogens (tertiary/aromatic N) is 1. The standard InChI is InChI=1S/C17H14N2O5/c1-23-13-8-4-5-9-14(13)24-15(20)10-19-16(21)11-6-2-3-7-12(11)18-17(19)22/h2-9H,10H2,1H3,(H,18,22). The number of fused-ring (bicyclic) bond motifs is 1. The van der Waals surface area contributed by atoms with Gasteiger partial charge in [-0.1, -0.05) is 24.3 Å². The highest BCUT2D eigenvalue weighted by Crippen LogP contribution is 2.25. The number of benzene rings is 2. The second kappa shape index (κ2) is 6.41. The van der Waals surface area contributed by atoms with Crippen LogP contribution in [-0.4, -0.2) is 22.6 Å². The third kappa shape index (κ3) is 2.91. The first kappa shape index (κ1) is 15.5. The number of hydrogen-bond acceptors (Lipinski definition) is 5. The van der Waals surface area contributed by atoms with Gasteiger partial charge in [-0.15, -0.1) is 0 Å². The Morgan fingerprint density at radius 1 is 1.04 bits per heavy atom. The molecule has 1 N–H and O–H groups in total. The minimum absolute atomic E-state index is 0.218. The molecule has 2 aromatic carbocycles. The molecule has 122 valence electrons. The Kier molecular flexibility index (Phi) is 4.15. The highest BCUT2D eigenvalue weighted by Gasteiger charge is 2.14. The summed E-state index contributed by atoms with van der Waals surface area (Å²) >= 11 is 0. The van der Waals surface area contributed by atoms with Crippen LogP contribution in [0.1, 0.15) is 0 Å². The molecule has 0 aliphatic carbocycles. The number of hydrogen-bond donors (Lipinski definition) is 1. The van der Waals surface area contributed by atoms with Crippen molar-refractivity contribution in [3.63, 3.8) is 0 Å². The van der Waals surface area contributed by atoms with Gasteiger partial charge in [-0.25, -0.2) is 14.2 Å². The number of nitrogens with one attached hydrogen (secondary N) is 1. The fourth-order valence-corrected chi connectivity index (χ4v) is 2.33. The number of aromatic amines is 1. The van der Waals surface area contributed by atoms with Crippen molar-refractivity contribution in [3.05, 3.63) is 69.4 Å². The molecule has 0 spiro atoms. The molecule has 0 fully saturated rings. The van der Waals surface area contributed by atoms with E-state index in [-0.39, 0.29) is 5.75 Å². The van der Waals surface area contributed by atoms with E-state index in [0.717, 1.165) is 4.57 Å². The fourth-order valence-electron chi connectivity index (χ4n) is 2.33. The van der Waals surface area contributed by atoms with Gasteiger partial charge in [-0.2, -0.15) is 0 Å². The zero-order valence-electron chi connectivity index (χ0n) is 12.8. The fraction of sp³-hybridized carbons (Fsp3) is 0.118. The lowest BCUT2D eigenvalue weighted by atomic mass is 10.2. The minimum Gasteiger partial charge on any atom is -0.493 e. The average Bonchev–Trinajstić information content (AvgIpc) is 2.59. The van der Waals surface area contributed by atoms with Crippen LogP contribution in [0.3, 0.4) is 0 Å². The molecule has 1 aromatic heterocycles. The van der Waals surface area contributed by atoms with Crippen molar-refractivity contribution in [1.82, 2.24) is 9.55 Å². The molecule has 1 heterocycles. The van der Waals surface area contributed by atoms with Crippen LogP contribution >= 0.6 is 0 Å². The molecule has 7 heteroatoms. The summed E-state index contributed by atoms with van der Waals surface area (Å²) in [4.78, 5) is 39.1. The summed E-state index contributed by atoms with van der Waals surface area (Å²) in [5.74, 6) is -0.150. The van der Waals surface area contributed by atoms with E-state index in [4.69, 9.17) is 9.47 Å². The predicted octanol–water partition coefficient (Wildman–Crippen LogP) is 1.30. The number of carbonyl (C=O) groups is 1. The quantitative estimate of drug-likeness (QED) is 0.576. The Bertz CT molecular complexity index is 1020. The molecule has 0 amide bonds. The van der Waals surface area contributed by atoms with Crippen molar-refractivity contribution in [2.45, 2.75) is 6.54 Å². The number of para-hydroxylation sites is 3. The highest BCUT2D eigenvalue weighted by molar-refractivity contribution is 5.78. The van der Waals surface area contributed by atoms with Crippen LogP contribution in [0.25, 0.3) is 10.9 Å². The highest BCUT2D eigenvalue weighted by atomic mass is 16.6. The summed E-state index contributed by atoms with van der Waals surface area (Å²) in [5.41, 5.74) is -0.802. The largest absolute Gasteiger partial charge is 0.493 e. The van der Waals surface area contributed by atoms with Crippen molar-refractivity contribution in [3.8, 4) is 11.5 Å². The molecule has 3 rings (SSSR count). The van der Waals surface area contributed by atoms with Crippen molar-refractivity contribution in [2.24, 2.45) is 0 Å². The molecule has 0 atom stereocenters. The summed E-state index contributed by atoms with van der Waals surface area (Å²) < 4.78 is 11.1. The Morgan fingerprint density at radius 3 is 2.46 bits per heavy atom. The van der Waals surface area contributed by atoms with Crippen molar-refractivity contribution in [1.29, 1.82) is 0 Å². The van der Waals surface area contributed by atoms with Gasteiger partial charge in [-0.3, -0.25) is 4.79 Å². The van der Waals surface area contributed by atoms with Gasteiger partial charge in [0.25, 0.3) is 5.56 Å². The minimum atomic E-state index is -0.748. The van der Waals surface area contributed by atoms with Gasteiger partial charge in [-0.05, 0) is 24.3 Å². The van der Waals surface area contributed by atoms with E-state index < -0.39 is 23.8 Å². The van der Waals surface area contributed by atoms with E-state index in [1.807, 2.05) is 0 Å². The van der Waals surface area contributed by atoms with Gasteiger partial charge in [0.2, 0.25) is 0 Å². The van der Waals surface area contributed by atoms with E-state index in [9.17, 15) is 14.4 Å². The Hall–Kier alpha value is -3.35. The summed E-state index contributed by atoms with van der Waals surface area (Å²) in [6, 6.07) is 13.2. The summed E-state index contributed by atoms with van der Waals surface area (Å²) in [7, 11) is 1.45. The first-order valence-electron chi connectivity index (χ1n) is 7.15. The molecular weight excluding hydrogens is 312 g/mol. The first-order chi connectivity index (χ1) is 11.6. The Labute approximate surface area is 136 Å². The smallest absolute Gasteiger partial charge is 0.331 e. The van der Waals surface area contributed by atoms with E-state index >= 15 is 0 Å². The number of carbonyl (C=O) groups excluding carboxylic acids is 1. The maximum absolute atomic E-state index is 12.4. The molecular formula is C17H14N2O5. The molecule has 0 saturated heterocycles. The molecule has 0 saturated carbocycles. The molecule has 0 aliphatic rings. The van der Waals surface area contributed by atoms with Gasteiger partial charge in [0.15, 0.2) is 11.5 Å². The molecule has 7 nitrogen and oxygen atoms in total. The van der Waals surface area contributed by atoms with Crippen molar-refractivity contribution >= 4 is 16.9 Å². The second-order valence-electron chi connectivity index (χ2n) is 4.99. The maximum Gasteiger partial charge on any atom is 0.331 e. The third-order valence-corrected chi connectivity index (χ3v) is 3.47. The van der Waals surface area contributed by atoms with Crippen LogP contribution in [0.15, 0.2) is 58.1 Å². The average molecular weight is 326 g/mol. The van der Waals surface area contributed by atoms with Crippen LogP contribution in [0.2, 0.25) is 0 Å². The second-order valence-corrected chi connectivity index (χ2v) is 4.99. The number of rotatable bonds is 4. The maximum atomic E-state index is 12.4. The summed E-state index contributed by atoms with van der Waals surface area (Å²) in [6.07, 6.45) is 0. The Balaban J connectivity index is 1.91. The van der Waals surface area contributed by atoms with Gasteiger partial charge >= 0.3 is 11.7 Å². The zero-order valence-corrected chi connectivity index (χ0v) is 12.8. The monoisotopic (exact) mass is 326 g/mol. The topological polar surface area (TPSA) is 90.4 Å². The van der Waals surface area contributed by atoms with Crippen LogP contribution in [0, 0.1) is 0 Å². The third-order valence-electron chi connectivity index (χ3n) is 3.47. The van der Waals surface area contributed by atoms with E-state index in [1.54, 1.807) is 48.5 Å². The Morgan fingerprint density at radius 2 is 1.71 bits per heavy atom. The molecule has 0 unspecified atom stereocenters. The summed E-state index contributed by atoms with van der Waals surface area (Å²) in [5, 5.41) is 0.321. The van der Waals surface area contributed by atoms with Gasteiger partial charge < -0.3 is 14.5 Å². The van der Waals surface area contributed by atoms with Gasteiger partial charge in [0.05, 0.1) is 18.0 Å². The van der Waals surface area contributed by atoms with E-state index in [2.05, 4.69) is 4.98 Å². The SMILES string of the molecule is COc1ccccc1OC(=O)Cn1c(=O)[nH]c2ccccc2c1=O. The van der Waals surface area contributed by atoms with Crippen LogP contribution in [0.5, 0.6) is 11.5 Å². The van der Waals surface area contributed by atoms with Crippen molar-refractivity contribution < 1.29 is 14.3 Å². The lowest BCUT2D eigenvalue weighted by molar-refractivity contribution is -0.135. The number of H-pyrrole nitrogens is 1. The predicted molar refractivity (Wildman–Crippen MR) is 87.5 cm³/mol. The van der Waals surface area contributed by atoms with Crippen molar-refractivity contribution in [2.75, 3.05) is 7.11 Å². The van der Waals surface area contributed by atoms with E-state index in [0.29, 0.717) is 16.7 Å². The number of methoxy groups -OCH3 is 1. The number of ether oxygens (including phenoxy) is 2. The normalized spacial score (nSPS) is 10.5. The van der Waals surface area contributed by atoms with Gasteiger partial charge in [0.1, 0.15) is 6.54 Å². The molecule has 0 bridgehead atoms. The number of esters is 1. The van der Waals surface area contributed by atoms with Crippen LogP contribution < -0.4 is 20.7 Å². The molecule has 0 radical (unpaired) electrons. The van der Waals surface area contributed by atoms with Crippen LogP contribution in [-0.2, 0) is 11.3 Å². The lowest BCUT2D eigenvalue weighted by Crippen LogP contribution is -2.38. The molecule has 24 heavy (non-hydrogen) atoms. The first-order valence-corrected chi connectivity index (χ1v) is 7.15. The lowest BCUT2D eigenvalue weighted by Gasteiger charge is -2.09.